The Bertz CT molecular complexity index is 1050. The summed E-state index contributed by atoms with van der Waals surface area (Å²) >= 11 is 0. The van der Waals surface area contributed by atoms with E-state index in [-0.39, 0.29) is 48.3 Å². The van der Waals surface area contributed by atoms with Gasteiger partial charge in [0, 0.05) is 18.6 Å². The molecule has 13 heteroatoms. The van der Waals surface area contributed by atoms with Crippen LogP contribution in [-0.4, -0.2) is 53.0 Å². The van der Waals surface area contributed by atoms with E-state index < -0.39 is 7.82 Å². The molecule has 4 atom stereocenters. The van der Waals surface area contributed by atoms with Gasteiger partial charge in [-0.2, -0.15) is 4.98 Å². The van der Waals surface area contributed by atoms with Crippen molar-refractivity contribution in [2.75, 3.05) is 42.9 Å². The molecule has 1 aliphatic carbocycles. The lowest BCUT2D eigenvalue weighted by atomic mass is 9.69. The fraction of sp³-hybridized carbons (Fsp3) is 0.444. The maximum absolute atomic E-state index is 12.4. The van der Waals surface area contributed by atoms with Gasteiger partial charge < -0.3 is 30.3 Å². The number of anilines is 3. The number of benzene rings is 1. The Morgan fingerprint density at radius 3 is 2.71 bits per heavy atom. The van der Waals surface area contributed by atoms with Gasteiger partial charge in [-0.25, -0.2) is 4.57 Å². The Hall–Kier alpha value is -2.79. The summed E-state index contributed by atoms with van der Waals surface area (Å²) in [6.07, 6.45) is 0.606. The smallest absolute Gasteiger partial charge is 0.497 e. The van der Waals surface area contributed by atoms with Crippen LogP contribution in [0.2, 0.25) is 0 Å². The maximum Gasteiger partial charge on any atom is 0.527 e. The van der Waals surface area contributed by atoms with Crippen LogP contribution in [0.4, 0.5) is 17.5 Å². The van der Waals surface area contributed by atoms with E-state index in [1.165, 1.54) is 19.2 Å². The van der Waals surface area contributed by atoms with Crippen LogP contribution in [0.5, 0.6) is 11.5 Å². The molecule has 1 aliphatic heterocycles. The van der Waals surface area contributed by atoms with Crippen LogP contribution in [0.1, 0.15) is 6.42 Å². The molecule has 1 aromatic carbocycles. The molecular formula is C18H24N5O7P. The minimum Gasteiger partial charge on any atom is -0.497 e. The summed E-state index contributed by atoms with van der Waals surface area (Å²) in [4.78, 5) is 30.7. The summed E-state index contributed by atoms with van der Waals surface area (Å²) in [5.41, 5.74) is 5.61. The van der Waals surface area contributed by atoms with Gasteiger partial charge >= 0.3 is 7.82 Å². The third-order valence-corrected chi connectivity index (χ3v) is 6.52. The maximum atomic E-state index is 12.4. The molecule has 4 rings (SSSR count). The van der Waals surface area contributed by atoms with Gasteiger partial charge in [0.2, 0.25) is 5.95 Å². The summed E-state index contributed by atoms with van der Waals surface area (Å²) < 4.78 is 27.8. The predicted octanol–water partition coefficient (Wildman–Crippen LogP) is 0.743. The van der Waals surface area contributed by atoms with E-state index in [9.17, 15) is 19.4 Å². The first kappa shape index (κ1) is 21.4. The number of rotatable bonds is 8. The third kappa shape index (κ3) is 4.33. The van der Waals surface area contributed by atoms with Crippen molar-refractivity contribution in [1.29, 1.82) is 0 Å². The number of nitrogens with two attached hydrogens (primary N) is 1. The normalized spacial score (nSPS) is 24.0. The summed E-state index contributed by atoms with van der Waals surface area (Å²) in [5, 5.41) is 12.6. The van der Waals surface area contributed by atoms with Crippen molar-refractivity contribution in [2.24, 2.45) is 11.8 Å². The molecule has 0 amide bonds. The van der Waals surface area contributed by atoms with Crippen molar-refractivity contribution in [3.8, 4) is 11.5 Å². The monoisotopic (exact) mass is 453 g/mol. The number of aromatic amines is 1. The van der Waals surface area contributed by atoms with Gasteiger partial charge in [0.25, 0.3) is 5.56 Å². The summed E-state index contributed by atoms with van der Waals surface area (Å²) in [5.74, 6) is 0.739. The van der Waals surface area contributed by atoms with Crippen LogP contribution in [-0.2, 0) is 9.09 Å². The van der Waals surface area contributed by atoms with Gasteiger partial charge in [0.05, 0.1) is 20.4 Å². The highest BCUT2D eigenvalue weighted by molar-refractivity contribution is 7.47. The van der Waals surface area contributed by atoms with Gasteiger partial charge in [-0.3, -0.25) is 19.2 Å². The zero-order valence-corrected chi connectivity index (χ0v) is 17.6. The molecule has 2 aliphatic rings. The van der Waals surface area contributed by atoms with Crippen molar-refractivity contribution in [1.82, 2.24) is 9.97 Å². The topological polar surface area (TPSA) is 172 Å². The van der Waals surface area contributed by atoms with E-state index in [2.05, 4.69) is 15.3 Å². The summed E-state index contributed by atoms with van der Waals surface area (Å²) in [7, 11) is -2.88. The van der Waals surface area contributed by atoms with Crippen LogP contribution in [0.3, 0.4) is 0 Å². The number of fused-ring (bicyclic) bond motifs is 1. The van der Waals surface area contributed by atoms with Crippen LogP contribution in [0, 0.1) is 11.8 Å². The first-order chi connectivity index (χ1) is 14.8. The first-order valence-corrected chi connectivity index (χ1v) is 11.1. The van der Waals surface area contributed by atoms with Gasteiger partial charge in [-0.05, 0) is 36.6 Å². The number of aliphatic hydroxyl groups is 1. The Morgan fingerprint density at radius 1 is 1.32 bits per heavy atom. The van der Waals surface area contributed by atoms with E-state index in [4.69, 9.17) is 19.5 Å². The SMILES string of the molecule is COc1ccc(OP(=O)(O)OC[C@@H]2[C@@H](CO)C[C@H]2N2CNc3c2nc(N)[nH]c3=O)cc1. The lowest BCUT2D eigenvalue weighted by Crippen LogP contribution is -2.55. The zero-order valence-electron chi connectivity index (χ0n) is 16.7. The molecule has 0 saturated heterocycles. The van der Waals surface area contributed by atoms with Crippen molar-refractivity contribution in [3.63, 3.8) is 0 Å². The second-order valence-corrected chi connectivity index (χ2v) is 8.77. The number of ether oxygens (including phenoxy) is 1. The molecule has 1 saturated carbocycles. The highest BCUT2D eigenvalue weighted by Gasteiger charge is 2.47. The van der Waals surface area contributed by atoms with Crippen LogP contribution < -0.4 is 30.8 Å². The highest BCUT2D eigenvalue weighted by atomic mass is 31.2. The largest absolute Gasteiger partial charge is 0.527 e. The molecule has 0 radical (unpaired) electrons. The summed E-state index contributed by atoms with van der Waals surface area (Å²) in [6, 6.07) is 6.01. The number of aromatic nitrogens is 2. The molecule has 1 unspecified atom stereocenters. The Labute approximate surface area is 177 Å². The minimum atomic E-state index is -4.40. The molecule has 168 valence electrons. The van der Waals surface area contributed by atoms with Gasteiger partial charge in [-0.15, -0.1) is 0 Å². The molecular weight excluding hydrogens is 429 g/mol. The molecule has 2 aromatic rings. The Morgan fingerprint density at radius 2 is 2.03 bits per heavy atom. The molecule has 31 heavy (non-hydrogen) atoms. The van der Waals surface area contributed by atoms with Crippen molar-refractivity contribution >= 4 is 25.3 Å². The van der Waals surface area contributed by atoms with Crippen LogP contribution >= 0.6 is 7.82 Å². The predicted molar refractivity (Wildman–Crippen MR) is 112 cm³/mol. The van der Waals surface area contributed by atoms with Crippen LogP contribution in [0.15, 0.2) is 29.1 Å². The number of hydrogen-bond donors (Lipinski definition) is 5. The Kier molecular flexibility index (Phi) is 5.80. The molecule has 6 N–H and O–H groups in total. The standard InChI is InChI=1S/C18H24N5O7P/c1-28-11-2-4-12(5-3-11)30-31(26,27)29-8-13-10(7-24)6-14(13)23-9-20-15-16(23)21-18(19)22-17(15)25/h2-5,10,13-14,20,24H,6-9H2,1H3,(H,26,27)(H3,19,21,22,25)/t10-,13-,14-/m1/s1. The van der Waals surface area contributed by atoms with Crippen molar-refractivity contribution in [3.05, 3.63) is 34.6 Å². The number of phosphoric ester groups is 1. The Balaban J connectivity index is 1.43. The second kappa shape index (κ2) is 8.39. The number of H-pyrrole nitrogens is 1. The zero-order chi connectivity index (χ0) is 22.2. The average Bonchev–Trinajstić information content (AvgIpc) is 3.11. The van der Waals surface area contributed by atoms with Crippen molar-refractivity contribution < 1.29 is 28.3 Å². The van der Waals surface area contributed by atoms with E-state index in [1.54, 1.807) is 12.1 Å². The number of phosphoric acid groups is 1. The fourth-order valence-electron chi connectivity index (χ4n) is 3.93. The lowest BCUT2D eigenvalue weighted by Gasteiger charge is -2.48. The number of nitrogen functional groups attached to an aromatic ring is 1. The molecule has 2 heterocycles. The van der Waals surface area contributed by atoms with E-state index in [0.29, 0.717) is 30.3 Å². The van der Waals surface area contributed by atoms with Gasteiger partial charge in [0.1, 0.15) is 17.2 Å². The van der Waals surface area contributed by atoms with E-state index in [0.717, 1.165) is 0 Å². The fourth-order valence-corrected chi connectivity index (χ4v) is 4.73. The van der Waals surface area contributed by atoms with E-state index in [1.807, 2.05) is 4.90 Å². The van der Waals surface area contributed by atoms with Crippen LogP contribution in [0.25, 0.3) is 0 Å². The number of nitrogens with one attached hydrogen (secondary N) is 2. The quantitative estimate of drug-likeness (QED) is 0.357. The molecule has 1 fully saturated rings. The third-order valence-electron chi connectivity index (χ3n) is 5.61. The molecule has 12 nitrogen and oxygen atoms in total. The molecule has 0 bridgehead atoms. The van der Waals surface area contributed by atoms with Gasteiger partial charge in [0.15, 0.2) is 5.82 Å². The number of aliphatic hydroxyl groups excluding tert-OH is 1. The second-order valence-electron chi connectivity index (χ2n) is 7.40. The number of hydrogen-bond acceptors (Lipinski definition) is 10. The summed E-state index contributed by atoms with van der Waals surface area (Å²) in [6.45, 7) is 0.107. The molecule has 0 spiro atoms. The van der Waals surface area contributed by atoms with E-state index >= 15 is 0 Å². The van der Waals surface area contributed by atoms with Gasteiger partial charge in [-0.1, -0.05) is 0 Å². The number of methoxy groups -OCH3 is 1. The lowest BCUT2D eigenvalue weighted by molar-refractivity contribution is 0.0217. The number of nitrogens with zero attached hydrogens (tertiary/aromatic N) is 2. The molecule has 1 aromatic heterocycles. The minimum absolute atomic E-state index is 0.00367. The first-order valence-electron chi connectivity index (χ1n) is 9.63. The highest BCUT2D eigenvalue weighted by Crippen LogP contribution is 2.48. The average molecular weight is 453 g/mol. The van der Waals surface area contributed by atoms with Crippen molar-refractivity contribution in [2.45, 2.75) is 12.5 Å².